The predicted molar refractivity (Wildman–Crippen MR) is 128 cm³/mol. The number of hydrogen-bond acceptors (Lipinski definition) is 5. The van der Waals surface area contributed by atoms with Crippen molar-refractivity contribution >= 4 is 17.8 Å². The average molecular weight is 465 g/mol. The first-order chi connectivity index (χ1) is 15.8. The molecule has 1 unspecified atom stereocenters. The van der Waals surface area contributed by atoms with Crippen LogP contribution in [0.5, 0.6) is 0 Å². The van der Waals surface area contributed by atoms with Crippen LogP contribution < -0.4 is 5.32 Å². The maximum Gasteiger partial charge on any atom is 0.310 e. The van der Waals surface area contributed by atoms with E-state index in [0.29, 0.717) is 0 Å². The van der Waals surface area contributed by atoms with Gasteiger partial charge in [-0.25, -0.2) is 0 Å². The lowest BCUT2D eigenvalue weighted by molar-refractivity contribution is -0.156. The minimum absolute atomic E-state index is 0.0129. The zero-order valence-electron chi connectivity index (χ0n) is 21.3. The number of carbonyl (C=O) groups excluding carboxylic acids is 3. The lowest BCUT2D eigenvalue weighted by Gasteiger charge is -2.36. The van der Waals surface area contributed by atoms with Crippen LogP contribution in [0.1, 0.15) is 73.6 Å². The lowest BCUT2D eigenvalue weighted by atomic mass is 9.68. The normalized spacial score (nSPS) is 29.4. The molecule has 2 rings (SSSR count). The van der Waals surface area contributed by atoms with Crippen LogP contribution in [0.2, 0.25) is 0 Å². The zero-order valence-corrected chi connectivity index (χ0v) is 21.3. The van der Waals surface area contributed by atoms with E-state index in [-0.39, 0.29) is 48.9 Å². The molecule has 8 atom stereocenters. The van der Waals surface area contributed by atoms with Crippen LogP contribution in [0.25, 0.3) is 0 Å². The third kappa shape index (κ3) is 5.79. The van der Waals surface area contributed by atoms with Crippen LogP contribution in [-0.4, -0.2) is 59.1 Å². The van der Waals surface area contributed by atoms with E-state index in [9.17, 15) is 19.5 Å². The van der Waals surface area contributed by atoms with Crippen molar-refractivity contribution < 1.29 is 24.2 Å². The Morgan fingerprint density at radius 3 is 2.39 bits per heavy atom. The maximum atomic E-state index is 13.9. The number of fused-ring (bicyclic) bond motifs is 1. The van der Waals surface area contributed by atoms with Gasteiger partial charge in [0.25, 0.3) is 0 Å². The van der Waals surface area contributed by atoms with E-state index in [4.69, 9.17) is 4.74 Å². The van der Waals surface area contributed by atoms with Gasteiger partial charge in [0.1, 0.15) is 6.04 Å². The fourth-order valence-electron chi connectivity index (χ4n) is 5.62. The lowest BCUT2D eigenvalue weighted by Crippen LogP contribution is -2.55. The number of rotatable bonds is 12. The molecule has 7 heteroatoms. The molecule has 0 radical (unpaired) electrons. The molecule has 2 amide bonds. The molecular formula is C26H44N2O5. The highest BCUT2D eigenvalue weighted by molar-refractivity contribution is 5.96. The molecule has 0 aromatic rings. The van der Waals surface area contributed by atoms with Gasteiger partial charge in [-0.1, -0.05) is 59.1 Å². The molecule has 1 fully saturated rings. The molecule has 0 saturated carbocycles. The first-order valence-electron chi connectivity index (χ1n) is 12.8. The fraction of sp³-hybridized carbons (Fsp3) is 0.808. The van der Waals surface area contributed by atoms with Crippen molar-refractivity contribution in [1.82, 2.24) is 10.2 Å². The number of amides is 2. The Kier molecular flexibility index (Phi) is 10.4. The Bertz CT molecular complexity index is 709. The largest absolute Gasteiger partial charge is 0.466 e. The molecule has 7 nitrogen and oxygen atoms in total. The van der Waals surface area contributed by atoms with E-state index in [1.807, 2.05) is 32.9 Å². The summed E-state index contributed by atoms with van der Waals surface area (Å²) in [5, 5.41) is 13.3. The van der Waals surface area contributed by atoms with Crippen molar-refractivity contribution in [3.63, 3.8) is 0 Å². The highest BCUT2D eigenvalue weighted by Gasteiger charge is 2.59. The van der Waals surface area contributed by atoms with E-state index in [2.05, 4.69) is 19.2 Å². The van der Waals surface area contributed by atoms with Gasteiger partial charge >= 0.3 is 5.97 Å². The second-order valence-electron chi connectivity index (χ2n) is 9.74. The molecule has 188 valence electrons. The first kappa shape index (κ1) is 27.4. The molecule has 0 aromatic heterocycles. The monoisotopic (exact) mass is 464 g/mol. The van der Waals surface area contributed by atoms with Crippen molar-refractivity contribution in [2.24, 2.45) is 29.6 Å². The van der Waals surface area contributed by atoms with Crippen LogP contribution in [-0.2, 0) is 19.1 Å². The van der Waals surface area contributed by atoms with Crippen molar-refractivity contribution in [3.05, 3.63) is 12.2 Å². The molecule has 33 heavy (non-hydrogen) atoms. The summed E-state index contributed by atoms with van der Waals surface area (Å²) < 4.78 is 5.40. The summed E-state index contributed by atoms with van der Waals surface area (Å²) in [5.41, 5.74) is 0. The molecule has 1 aliphatic carbocycles. The van der Waals surface area contributed by atoms with Crippen LogP contribution in [0.15, 0.2) is 12.2 Å². The Labute approximate surface area is 199 Å². The van der Waals surface area contributed by atoms with Crippen LogP contribution in [0.3, 0.4) is 0 Å². The number of esters is 1. The fourth-order valence-corrected chi connectivity index (χ4v) is 5.62. The van der Waals surface area contributed by atoms with E-state index in [0.717, 1.165) is 32.1 Å². The summed E-state index contributed by atoms with van der Waals surface area (Å²) in [5.74, 6) is -2.57. The summed E-state index contributed by atoms with van der Waals surface area (Å²) in [7, 11) is 0. The summed E-state index contributed by atoms with van der Waals surface area (Å²) in [4.78, 5) is 42.2. The van der Waals surface area contributed by atoms with Gasteiger partial charge in [0.2, 0.25) is 11.8 Å². The van der Waals surface area contributed by atoms with Gasteiger partial charge in [0.05, 0.1) is 31.1 Å². The molecule has 1 saturated heterocycles. The van der Waals surface area contributed by atoms with Gasteiger partial charge in [-0.05, 0) is 38.5 Å². The smallest absolute Gasteiger partial charge is 0.310 e. The molecule has 0 bridgehead atoms. The minimum Gasteiger partial charge on any atom is -0.466 e. The molecule has 0 spiro atoms. The number of nitrogens with zero attached hydrogens (tertiary/aromatic N) is 1. The molecule has 1 heterocycles. The van der Waals surface area contributed by atoms with Gasteiger partial charge < -0.3 is 20.1 Å². The Morgan fingerprint density at radius 2 is 1.85 bits per heavy atom. The van der Waals surface area contributed by atoms with Gasteiger partial charge in [-0.15, -0.1) is 0 Å². The number of carbonyl (C=O) groups is 3. The summed E-state index contributed by atoms with van der Waals surface area (Å²) in [6, 6.07) is -1.24. The third-order valence-corrected chi connectivity index (χ3v) is 7.45. The van der Waals surface area contributed by atoms with Gasteiger partial charge in [-0.2, -0.15) is 0 Å². The molecular weight excluding hydrogens is 420 g/mol. The van der Waals surface area contributed by atoms with E-state index >= 15 is 0 Å². The quantitative estimate of drug-likeness (QED) is 0.341. The van der Waals surface area contributed by atoms with Gasteiger partial charge in [0, 0.05) is 12.0 Å². The summed E-state index contributed by atoms with van der Waals surface area (Å²) >= 11 is 0. The maximum absolute atomic E-state index is 13.9. The van der Waals surface area contributed by atoms with Crippen molar-refractivity contribution in [2.45, 2.75) is 91.8 Å². The highest BCUT2D eigenvalue weighted by Crippen LogP contribution is 2.47. The van der Waals surface area contributed by atoms with Crippen molar-refractivity contribution in [3.8, 4) is 0 Å². The molecule has 2 aliphatic rings. The number of hydrogen-bond donors (Lipinski definition) is 2. The Morgan fingerprint density at radius 1 is 1.15 bits per heavy atom. The number of likely N-dealkylation sites (tertiary alicyclic amines) is 1. The number of aliphatic hydroxyl groups is 1. The van der Waals surface area contributed by atoms with Crippen molar-refractivity contribution in [1.29, 1.82) is 0 Å². The highest BCUT2D eigenvalue weighted by atomic mass is 16.5. The predicted octanol–water partition coefficient (Wildman–Crippen LogP) is 3.31. The van der Waals surface area contributed by atoms with Crippen molar-refractivity contribution in [2.75, 3.05) is 13.2 Å². The van der Waals surface area contributed by atoms with Crippen LogP contribution >= 0.6 is 0 Å². The van der Waals surface area contributed by atoms with Gasteiger partial charge in [-0.3, -0.25) is 14.4 Å². The van der Waals surface area contributed by atoms with Crippen LogP contribution in [0.4, 0.5) is 0 Å². The Balaban J connectivity index is 2.54. The second-order valence-corrected chi connectivity index (χ2v) is 9.74. The van der Waals surface area contributed by atoms with E-state index in [1.54, 1.807) is 11.8 Å². The van der Waals surface area contributed by atoms with E-state index < -0.39 is 29.8 Å². The minimum atomic E-state index is -0.747. The number of allylic oxidation sites excluding steroid dienone is 1. The molecule has 1 aliphatic heterocycles. The standard InChI is InChI=1S/C26H44N2O5/c1-7-11-17(6)27-24(30)23-19-14-13-18(12-8-2)21(26(32)33-10-4)22(19)25(31)28(23)20(15-29)16(5)9-3/h13-14,16-23,29H,7-12,15H2,1-6H3,(H,27,30)/t16-,17?,18+,19-,20-,21+,22+,23-/m0/s1. The number of aliphatic hydroxyl groups excluding tert-OH is 1. The topological polar surface area (TPSA) is 95.9 Å². The second kappa shape index (κ2) is 12.5. The number of ether oxygens (including phenoxy) is 1. The first-order valence-corrected chi connectivity index (χ1v) is 12.8. The Hall–Kier alpha value is -1.89. The molecule has 0 aromatic carbocycles. The summed E-state index contributed by atoms with van der Waals surface area (Å²) in [6.07, 6.45) is 8.18. The van der Waals surface area contributed by atoms with Crippen LogP contribution in [0, 0.1) is 29.6 Å². The molecule has 2 N–H and O–H groups in total. The zero-order chi connectivity index (χ0) is 24.7. The number of nitrogens with one attached hydrogen (secondary N) is 1. The van der Waals surface area contributed by atoms with Gasteiger partial charge in [0.15, 0.2) is 0 Å². The van der Waals surface area contributed by atoms with E-state index in [1.165, 1.54) is 0 Å². The SMILES string of the molecule is CCCC(C)NC(=O)[C@@H]1[C@H]2C=C[C@@H](CCC)[C@@H](C(=O)OCC)[C@@H]2C(=O)N1[C@@H](CO)[C@@H](C)CC. The third-order valence-electron chi connectivity index (χ3n) is 7.45. The average Bonchev–Trinajstić information content (AvgIpc) is 3.07. The summed E-state index contributed by atoms with van der Waals surface area (Å²) in [6.45, 7) is 11.9.